The Morgan fingerprint density at radius 1 is 1.17 bits per heavy atom. The molecule has 1 N–H and O–H groups in total. The Balaban J connectivity index is 1.68. The van der Waals surface area contributed by atoms with Crippen molar-refractivity contribution in [3.05, 3.63) is 83.4 Å². The van der Waals surface area contributed by atoms with Gasteiger partial charge in [-0.25, -0.2) is 9.07 Å². The Hall–Kier alpha value is -2.95. The zero-order valence-corrected chi connectivity index (χ0v) is 12.7. The van der Waals surface area contributed by atoms with Crippen LogP contribution in [0.25, 0.3) is 5.69 Å². The van der Waals surface area contributed by atoms with Crippen LogP contribution < -0.4 is 5.32 Å². The van der Waals surface area contributed by atoms with Crippen molar-refractivity contribution >= 4 is 5.91 Å². The molecule has 1 heterocycles. The number of aryl methyl sites for hydroxylation is 1. The van der Waals surface area contributed by atoms with Crippen LogP contribution in [0.3, 0.4) is 0 Å². The van der Waals surface area contributed by atoms with Crippen LogP contribution in [0.5, 0.6) is 0 Å². The molecule has 0 unspecified atom stereocenters. The second-order valence-electron chi connectivity index (χ2n) is 5.25. The Bertz CT molecular complexity index is 827. The van der Waals surface area contributed by atoms with Gasteiger partial charge in [0.05, 0.1) is 17.4 Å². The molecule has 2 aromatic carbocycles. The molecule has 3 rings (SSSR count). The summed E-state index contributed by atoms with van der Waals surface area (Å²) >= 11 is 0. The molecule has 23 heavy (non-hydrogen) atoms. The van der Waals surface area contributed by atoms with Gasteiger partial charge in [0.1, 0.15) is 5.82 Å². The van der Waals surface area contributed by atoms with Gasteiger partial charge in [0.2, 0.25) is 0 Å². The number of rotatable bonds is 4. The van der Waals surface area contributed by atoms with Gasteiger partial charge in [-0.2, -0.15) is 5.10 Å². The maximum absolute atomic E-state index is 13.9. The van der Waals surface area contributed by atoms with Gasteiger partial charge in [-0.05, 0) is 30.7 Å². The fraction of sp³-hybridized carbons (Fsp3) is 0.111. The molecule has 0 aliphatic rings. The number of nitrogens with zero attached hydrogens (tertiary/aromatic N) is 2. The first-order chi connectivity index (χ1) is 11.1. The summed E-state index contributed by atoms with van der Waals surface area (Å²) in [5.74, 6) is -0.913. The van der Waals surface area contributed by atoms with Crippen LogP contribution in [0.2, 0.25) is 0 Å². The van der Waals surface area contributed by atoms with Gasteiger partial charge in [0.15, 0.2) is 0 Å². The first kappa shape index (κ1) is 15.0. The van der Waals surface area contributed by atoms with E-state index in [-0.39, 0.29) is 5.56 Å². The summed E-state index contributed by atoms with van der Waals surface area (Å²) in [5.41, 5.74) is 2.29. The largest absolute Gasteiger partial charge is 0.348 e. The van der Waals surface area contributed by atoms with E-state index in [1.807, 2.05) is 36.5 Å². The van der Waals surface area contributed by atoms with Crippen LogP contribution in [-0.4, -0.2) is 15.7 Å². The molecule has 0 saturated heterocycles. The molecule has 0 fully saturated rings. The highest BCUT2D eigenvalue weighted by Gasteiger charge is 2.13. The molecule has 1 amide bonds. The molecule has 0 aliphatic carbocycles. The number of aromatic nitrogens is 2. The SMILES string of the molecule is Cc1cccc(C(=O)NCc2cnn(-c3ccccc3)c2)c1F. The van der Waals surface area contributed by atoms with Gasteiger partial charge in [-0.15, -0.1) is 0 Å². The predicted octanol–water partition coefficient (Wildman–Crippen LogP) is 3.25. The van der Waals surface area contributed by atoms with Crippen molar-refractivity contribution in [2.45, 2.75) is 13.5 Å². The normalized spacial score (nSPS) is 10.5. The van der Waals surface area contributed by atoms with E-state index in [2.05, 4.69) is 10.4 Å². The van der Waals surface area contributed by atoms with E-state index in [4.69, 9.17) is 0 Å². The highest BCUT2D eigenvalue weighted by Crippen LogP contribution is 2.12. The van der Waals surface area contributed by atoms with Crippen molar-refractivity contribution in [3.8, 4) is 5.69 Å². The molecule has 0 bridgehead atoms. The second-order valence-corrected chi connectivity index (χ2v) is 5.25. The predicted molar refractivity (Wildman–Crippen MR) is 85.9 cm³/mol. The van der Waals surface area contributed by atoms with Crippen molar-refractivity contribution in [2.75, 3.05) is 0 Å². The van der Waals surface area contributed by atoms with Crippen LogP contribution in [0.4, 0.5) is 4.39 Å². The second kappa shape index (κ2) is 6.44. The Labute approximate surface area is 133 Å². The summed E-state index contributed by atoms with van der Waals surface area (Å²) in [5, 5.41) is 6.98. The van der Waals surface area contributed by atoms with Crippen LogP contribution in [0.1, 0.15) is 21.5 Å². The summed E-state index contributed by atoms with van der Waals surface area (Å²) in [7, 11) is 0. The third-order valence-corrected chi connectivity index (χ3v) is 3.55. The fourth-order valence-corrected chi connectivity index (χ4v) is 2.27. The summed E-state index contributed by atoms with van der Waals surface area (Å²) < 4.78 is 15.7. The molecule has 3 aromatic rings. The highest BCUT2D eigenvalue weighted by molar-refractivity contribution is 5.94. The zero-order chi connectivity index (χ0) is 16.2. The third-order valence-electron chi connectivity index (χ3n) is 3.55. The number of carbonyl (C=O) groups is 1. The summed E-state index contributed by atoms with van der Waals surface area (Å²) in [6.07, 6.45) is 3.52. The van der Waals surface area contributed by atoms with Crippen molar-refractivity contribution in [1.82, 2.24) is 15.1 Å². The molecule has 0 radical (unpaired) electrons. The molecular weight excluding hydrogens is 293 g/mol. The summed E-state index contributed by atoms with van der Waals surface area (Å²) in [4.78, 5) is 12.1. The van der Waals surface area contributed by atoms with Gasteiger partial charge >= 0.3 is 0 Å². The molecule has 5 heteroatoms. The summed E-state index contributed by atoms with van der Waals surface area (Å²) in [6.45, 7) is 1.93. The van der Waals surface area contributed by atoms with Gasteiger partial charge in [0.25, 0.3) is 5.91 Å². The molecule has 0 saturated carbocycles. The maximum Gasteiger partial charge on any atom is 0.254 e. The molecule has 116 valence electrons. The van der Waals surface area contributed by atoms with Crippen LogP contribution in [-0.2, 0) is 6.54 Å². The van der Waals surface area contributed by atoms with Gasteiger partial charge in [-0.1, -0.05) is 30.3 Å². The van der Waals surface area contributed by atoms with E-state index in [1.165, 1.54) is 6.07 Å². The Kier molecular flexibility index (Phi) is 4.19. The van der Waals surface area contributed by atoms with Crippen molar-refractivity contribution in [1.29, 1.82) is 0 Å². The lowest BCUT2D eigenvalue weighted by Gasteiger charge is -2.06. The van der Waals surface area contributed by atoms with Crippen LogP contribution in [0, 0.1) is 12.7 Å². The molecule has 1 aromatic heterocycles. The number of nitrogens with one attached hydrogen (secondary N) is 1. The van der Waals surface area contributed by atoms with E-state index in [9.17, 15) is 9.18 Å². The molecule has 0 atom stereocenters. The first-order valence-electron chi connectivity index (χ1n) is 7.27. The van der Waals surface area contributed by atoms with Gasteiger partial charge in [0, 0.05) is 18.3 Å². The third kappa shape index (κ3) is 3.29. The molecular formula is C18H16FN3O. The average molecular weight is 309 g/mol. The maximum atomic E-state index is 13.9. The van der Waals surface area contributed by atoms with E-state index in [0.717, 1.165) is 11.3 Å². The fourth-order valence-electron chi connectivity index (χ4n) is 2.27. The lowest BCUT2D eigenvalue weighted by molar-refractivity contribution is 0.0946. The minimum Gasteiger partial charge on any atom is -0.348 e. The number of hydrogen-bond donors (Lipinski definition) is 1. The lowest BCUT2D eigenvalue weighted by Crippen LogP contribution is -2.23. The van der Waals surface area contributed by atoms with E-state index < -0.39 is 11.7 Å². The van der Waals surface area contributed by atoms with E-state index in [0.29, 0.717) is 12.1 Å². The van der Waals surface area contributed by atoms with E-state index in [1.54, 1.807) is 29.9 Å². The first-order valence-corrected chi connectivity index (χ1v) is 7.27. The van der Waals surface area contributed by atoms with E-state index >= 15 is 0 Å². The topological polar surface area (TPSA) is 46.9 Å². The zero-order valence-electron chi connectivity index (χ0n) is 12.7. The molecule has 0 spiro atoms. The minimum absolute atomic E-state index is 0.0560. The number of para-hydroxylation sites is 1. The number of halogens is 1. The lowest BCUT2D eigenvalue weighted by atomic mass is 10.1. The van der Waals surface area contributed by atoms with Crippen molar-refractivity contribution in [2.24, 2.45) is 0 Å². The highest BCUT2D eigenvalue weighted by atomic mass is 19.1. The van der Waals surface area contributed by atoms with Crippen LogP contribution in [0.15, 0.2) is 60.9 Å². The monoisotopic (exact) mass is 309 g/mol. The quantitative estimate of drug-likeness (QED) is 0.804. The van der Waals surface area contributed by atoms with Gasteiger partial charge < -0.3 is 5.32 Å². The van der Waals surface area contributed by atoms with Crippen LogP contribution >= 0.6 is 0 Å². The number of benzene rings is 2. The molecule has 4 nitrogen and oxygen atoms in total. The average Bonchev–Trinajstić information content (AvgIpc) is 3.05. The van der Waals surface area contributed by atoms with Gasteiger partial charge in [-0.3, -0.25) is 4.79 Å². The minimum atomic E-state index is -0.481. The standard InChI is InChI=1S/C18H16FN3O/c1-13-6-5-9-16(17(13)19)18(23)20-10-14-11-21-22(12-14)15-7-3-2-4-8-15/h2-9,11-12H,10H2,1H3,(H,20,23). The summed E-state index contributed by atoms with van der Waals surface area (Å²) in [6, 6.07) is 14.5. The molecule has 0 aliphatic heterocycles. The van der Waals surface area contributed by atoms with Crippen molar-refractivity contribution in [3.63, 3.8) is 0 Å². The Morgan fingerprint density at radius 2 is 1.96 bits per heavy atom. The number of hydrogen-bond acceptors (Lipinski definition) is 2. The number of amides is 1. The van der Waals surface area contributed by atoms with Crippen molar-refractivity contribution < 1.29 is 9.18 Å². The Morgan fingerprint density at radius 3 is 2.74 bits per heavy atom. The smallest absolute Gasteiger partial charge is 0.254 e. The number of carbonyl (C=O) groups excluding carboxylic acids is 1.